The first kappa shape index (κ1) is 12.9. The third-order valence-electron chi connectivity index (χ3n) is 2.93. The van der Waals surface area contributed by atoms with Crippen LogP contribution in [0.3, 0.4) is 0 Å². The van der Waals surface area contributed by atoms with Crippen LogP contribution in [0.1, 0.15) is 5.56 Å². The molecule has 0 saturated carbocycles. The van der Waals surface area contributed by atoms with E-state index < -0.39 is 0 Å². The summed E-state index contributed by atoms with van der Waals surface area (Å²) in [6.07, 6.45) is 0. The largest absolute Gasteiger partial charge is 0.507 e. The van der Waals surface area contributed by atoms with E-state index in [0.717, 1.165) is 15.6 Å². The van der Waals surface area contributed by atoms with Crippen molar-refractivity contribution in [3.63, 3.8) is 0 Å². The molecule has 0 aliphatic heterocycles. The molecule has 3 aromatic rings. The quantitative estimate of drug-likeness (QED) is 0.765. The summed E-state index contributed by atoms with van der Waals surface area (Å²) in [5.41, 5.74) is 2.51. The van der Waals surface area contributed by atoms with Crippen LogP contribution >= 0.6 is 15.9 Å². The lowest BCUT2D eigenvalue weighted by Crippen LogP contribution is -1.84. The van der Waals surface area contributed by atoms with Crippen molar-refractivity contribution in [3.8, 4) is 28.6 Å². The molecule has 0 fully saturated rings. The van der Waals surface area contributed by atoms with Crippen molar-refractivity contribution in [3.05, 3.63) is 52.5 Å². The Labute approximate surface area is 124 Å². The molecule has 0 amide bonds. The summed E-state index contributed by atoms with van der Waals surface area (Å²) in [4.78, 5) is 4.33. The Hall–Kier alpha value is -2.14. The van der Waals surface area contributed by atoms with E-state index in [4.69, 9.17) is 4.52 Å². The first-order chi connectivity index (χ1) is 9.65. The van der Waals surface area contributed by atoms with Gasteiger partial charge in [-0.2, -0.15) is 4.98 Å². The summed E-state index contributed by atoms with van der Waals surface area (Å²) in [5, 5.41) is 13.8. The number of halogens is 1. The van der Waals surface area contributed by atoms with Gasteiger partial charge in [-0.05, 0) is 36.8 Å². The molecule has 20 heavy (non-hydrogen) atoms. The van der Waals surface area contributed by atoms with Crippen molar-refractivity contribution in [1.82, 2.24) is 10.1 Å². The highest BCUT2D eigenvalue weighted by Gasteiger charge is 2.15. The van der Waals surface area contributed by atoms with Crippen LogP contribution in [0, 0.1) is 6.92 Å². The average Bonchev–Trinajstić information content (AvgIpc) is 2.88. The van der Waals surface area contributed by atoms with Gasteiger partial charge in [-0.15, -0.1) is 0 Å². The highest BCUT2D eigenvalue weighted by molar-refractivity contribution is 9.10. The van der Waals surface area contributed by atoms with Crippen LogP contribution in [0.25, 0.3) is 22.8 Å². The highest BCUT2D eigenvalue weighted by atomic mass is 79.9. The van der Waals surface area contributed by atoms with E-state index in [1.165, 1.54) is 0 Å². The summed E-state index contributed by atoms with van der Waals surface area (Å²) in [6, 6.07) is 12.8. The lowest BCUT2D eigenvalue weighted by atomic mass is 10.1. The predicted octanol–water partition coefficient (Wildman–Crippen LogP) is 4.18. The number of benzene rings is 2. The molecular formula is C15H11BrN2O2. The van der Waals surface area contributed by atoms with Crippen LogP contribution in [0.2, 0.25) is 0 Å². The van der Waals surface area contributed by atoms with Gasteiger partial charge in [0.25, 0.3) is 5.89 Å². The third-order valence-corrected chi connectivity index (χ3v) is 3.58. The van der Waals surface area contributed by atoms with Crippen molar-refractivity contribution in [1.29, 1.82) is 0 Å². The number of rotatable bonds is 2. The fourth-order valence-electron chi connectivity index (χ4n) is 1.90. The first-order valence-corrected chi connectivity index (χ1v) is 6.83. The van der Waals surface area contributed by atoms with Crippen molar-refractivity contribution in [2.45, 2.75) is 6.92 Å². The zero-order chi connectivity index (χ0) is 14.1. The van der Waals surface area contributed by atoms with Crippen LogP contribution in [0.5, 0.6) is 5.75 Å². The van der Waals surface area contributed by atoms with Gasteiger partial charge in [0, 0.05) is 10.0 Å². The molecule has 100 valence electrons. The Morgan fingerprint density at radius 2 is 1.90 bits per heavy atom. The van der Waals surface area contributed by atoms with E-state index in [1.807, 2.05) is 25.1 Å². The highest BCUT2D eigenvalue weighted by Crippen LogP contribution is 2.31. The number of aromatic nitrogens is 2. The lowest BCUT2D eigenvalue weighted by Gasteiger charge is -2.00. The summed E-state index contributed by atoms with van der Waals surface area (Å²) in [5.74, 6) is 0.895. The number of aryl methyl sites for hydroxylation is 1. The van der Waals surface area contributed by atoms with E-state index >= 15 is 0 Å². The number of nitrogens with zero attached hydrogens (tertiary/aromatic N) is 2. The molecule has 5 heteroatoms. The predicted molar refractivity (Wildman–Crippen MR) is 79.3 cm³/mol. The molecular weight excluding hydrogens is 320 g/mol. The van der Waals surface area contributed by atoms with E-state index in [2.05, 4.69) is 26.1 Å². The van der Waals surface area contributed by atoms with E-state index in [-0.39, 0.29) is 5.75 Å². The van der Waals surface area contributed by atoms with Gasteiger partial charge in [0.2, 0.25) is 5.82 Å². The summed E-state index contributed by atoms with van der Waals surface area (Å²) in [7, 11) is 0. The van der Waals surface area contributed by atoms with Gasteiger partial charge in [0.1, 0.15) is 5.75 Å². The molecule has 0 unspecified atom stereocenters. The standard InChI is InChI=1S/C15H11BrN2O2/c1-9-6-7-10(12(16)8-9)14-17-15(20-18-14)11-4-2-3-5-13(11)19/h2-8,19H,1H3. The first-order valence-electron chi connectivity index (χ1n) is 6.04. The molecule has 0 aliphatic carbocycles. The smallest absolute Gasteiger partial charge is 0.261 e. The number of aromatic hydroxyl groups is 1. The van der Waals surface area contributed by atoms with Gasteiger partial charge in [-0.3, -0.25) is 0 Å². The minimum Gasteiger partial charge on any atom is -0.507 e. The van der Waals surface area contributed by atoms with Crippen molar-refractivity contribution >= 4 is 15.9 Å². The minimum atomic E-state index is 0.116. The molecule has 1 heterocycles. The zero-order valence-corrected chi connectivity index (χ0v) is 12.3. The molecule has 0 saturated heterocycles. The van der Waals surface area contributed by atoms with Gasteiger partial charge in [-0.1, -0.05) is 39.3 Å². The van der Waals surface area contributed by atoms with Gasteiger partial charge < -0.3 is 9.63 Å². The van der Waals surface area contributed by atoms with Crippen LogP contribution in [-0.2, 0) is 0 Å². The normalized spacial score (nSPS) is 10.7. The Balaban J connectivity index is 2.04. The van der Waals surface area contributed by atoms with E-state index in [9.17, 15) is 5.11 Å². The average molecular weight is 331 g/mol. The van der Waals surface area contributed by atoms with Crippen molar-refractivity contribution < 1.29 is 9.63 Å². The second-order valence-corrected chi connectivity index (χ2v) is 5.28. The molecule has 3 rings (SSSR count). The second-order valence-electron chi connectivity index (χ2n) is 4.42. The Morgan fingerprint density at radius 3 is 2.65 bits per heavy atom. The topological polar surface area (TPSA) is 59.2 Å². The molecule has 0 radical (unpaired) electrons. The number of phenols is 1. The lowest BCUT2D eigenvalue weighted by molar-refractivity contribution is 0.425. The van der Waals surface area contributed by atoms with E-state index in [0.29, 0.717) is 17.3 Å². The zero-order valence-electron chi connectivity index (χ0n) is 10.7. The Morgan fingerprint density at radius 1 is 1.10 bits per heavy atom. The number of phenolic OH excluding ortho intramolecular Hbond substituents is 1. The molecule has 0 aliphatic rings. The Bertz CT molecular complexity index is 768. The molecule has 0 bridgehead atoms. The van der Waals surface area contributed by atoms with Crippen molar-refractivity contribution in [2.75, 3.05) is 0 Å². The minimum absolute atomic E-state index is 0.116. The molecule has 0 spiro atoms. The monoisotopic (exact) mass is 330 g/mol. The summed E-state index contributed by atoms with van der Waals surface area (Å²) < 4.78 is 6.13. The van der Waals surface area contributed by atoms with Crippen LogP contribution in [-0.4, -0.2) is 15.2 Å². The SMILES string of the molecule is Cc1ccc(-c2noc(-c3ccccc3O)n2)c(Br)c1. The second kappa shape index (κ2) is 5.09. The fourth-order valence-corrected chi connectivity index (χ4v) is 2.57. The molecule has 2 aromatic carbocycles. The van der Waals surface area contributed by atoms with Crippen LogP contribution < -0.4 is 0 Å². The fraction of sp³-hybridized carbons (Fsp3) is 0.0667. The molecule has 0 atom stereocenters. The third kappa shape index (κ3) is 2.32. The summed E-state index contributed by atoms with van der Waals surface area (Å²) in [6.45, 7) is 2.01. The van der Waals surface area contributed by atoms with Crippen LogP contribution in [0.4, 0.5) is 0 Å². The van der Waals surface area contributed by atoms with E-state index in [1.54, 1.807) is 24.3 Å². The van der Waals surface area contributed by atoms with Gasteiger partial charge >= 0.3 is 0 Å². The Kier molecular flexibility index (Phi) is 3.28. The summed E-state index contributed by atoms with van der Waals surface area (Å²) >= 11 is 3.49. The number of hydrogen-bond acceptors (Lipinski definition) is 4. The number of para-hydroxylation sites is 1. The maximum atomic E-state index is 9.80. The van der Waals surface area contributed by atoms with Crippen LogP contribution in [0.15, 0.2) is 51.5 Å². The molecule has 1 aromatic heterocycles. The van der Waals surface area contributed by atoms with Gasteiger partial charge in [0.15, 0.2) is 0 Å². The number of hydrogen-bond donors (Lipinski definition) is 1. The van der Waals surface area contributed by atoms with Gasteiger partial charge in [-0.25, -0.2) is 0 Å². The van der Waals surface area contributed by atoms with Gasteiger partial charge in [0.05, 0.1) is 5.56 Å². The molecule has 4 nitrogen and oxygen atoms in total. The maximum absolute atomic E-state index is 9.80. The maximum Gasteiger partial charge on any atom is 0.261 e. The van der Waals surface area contributed by atoms with Crippen molar-refractivity contribution in [2.24, 2.45) is 0 Å². The molecule has 1 N–H and O–H groups in total.